The molecule has 2 N–H and O–H groups in total. The molecule has 2 heterocycles. The lowest BCUT2D eigenvalue weighted by atomic mass is 9.91. The van der Waals surface area contributed by atoms with E-state index in [1.54, 1.807) is 48.5 Å². The second-order valence-electron chi connectivity index (χ2n) is 8.83. The minimum absolute atomic E-state index is 0.232. The summed E-state index contributed by atoms with van der Waals surface area (Å²) in [5.41, 5.74) is 2.97. The predicted molar refractivity (Wildman–Crippen MR) is 149 cm³/mol. The number of nitrogens with one attached hydrogen (secondary N) is 1. The number of carbonyl (C=O) groups is 2. The average Bonchev–Trinajstić information content (AvgIpc) is 3.33. The van der Waals surface area contributed by atoms with Gasteiger partial charge in [0.15, 0.2) is 0 Å². The summed E-state index contributed by atoms with van der Waals surface area (Å²) < 4.78 is 0. The van der Waals surface area contributed by atoms with Crippen LogP contribution in [0.5, 0.6) is 0 Å². The summed E-state index contributed by atoms with van der Waals surface area (Å²) in [6.45, 7) is 0. The number of halogens is 3. The van der Waals surface area contributed by atoms with Crippen LogP contribution < -0.4 is 5.56 Å². The van der Waals surface area contributed by atoms with Crippen molar-refractivity contribution < 1.29 is 14.7 Å². The van der Waals surface area contributed by atoms with Crippen LogP contribution in [-0.4, -0.2) is 32.7 Å². The summed E-state index contributed by atoms with van der Waals surface area (Å²) in [5, 5.41) is 17.0. The van der Waals surface area contributed by atoms with E-state index in [0.29, 0.717) is 43.0 Å². The number of hydrogen-bond donors (Lipinski definition) is 2. The van der Waals surface area contributed by atoms with Crippen molar-refractivity contribution in [3.05, 3.63) is 103 Å². The molecular formula is C28H20Cl3N3O4. The molecule has 7 nitrogen and oxygen atoms in total. The number of aromatic nitrogens is 1. The van der Waals surface area contributed by atoms with Crippen LogP contribution >= 0.6 is 34.8 Å². The minimum Gasteiger partial charge on any atom is -0.481 e. The number of nitrogens with zero attached hydrogens (tertiary/aromatic N) is 2. The number of carbonyl (C=O) groups excluding carboxylic acids is 1. The fourth-order valence-electron chi connectivity index (χ4n) is 4.63. The number of aliphatic carboxylic acids is 1. The lowest BCUT2D eigenvalue weighted by Crippen LogP contribution is -2.27. The molecule has 0 aliphatic carbocycles. The molecule has 1 aromatic heterocycles. The quantitative estimate of drug-likeness (QED) is 0.270. The zero-order chi connectivity index (χ0) is 27.0. The fraction of sp³-hybridized carbons (Fsp3) is 0.143. The van der Waals surface area contributed by atoms with Gasteiger partial charge >= 0.3 is 5.97 Å². The minimum atomic E-state index is -1.09. The number of para-hydroxylation sites is 1. The van der Waals surface area contributed by atoms with E-state index < -0.39 is 17.9 Å². The SMILES string of the molecule is O=C(O)CCC(=O)N1N=C(c2c(-c3ccc(Cl)c(Cl)c3)c3ccccc3[nH]c2=O)CC1c1ccc(Cl)cc1. The number of hydrogen-bond acceptors (Lipinski definition) is 4. The first-order chi connectivity index (χ1) is 18.2. The Morgan fingerprint density at radius 2 is 1.68 bits per heavy atom. The Kier molecular flexibility index (Phi) is 7.25. The van der Waals surface area contributed by atoms with Crippen molar-refractivity contribution in [2.75, 3.05) is 0 Å². The second kappa shape index (κ2) is 10.6. The normalized spacial score (nSPS) is 15.1. The molecule has 192 valence electrons. The van der Waals surface area contributed by atoms with Crippen LogP contribution in [0, 0.1) is 0 Å². The molecule has 1 amide bonds. The fourth-order valence-corrected chi connectivity index (χ4v) is 5.06. The molecular weight excluding hydrogens is 549 g/mol. The summed E-state index contributed by atoms with van der Waals surface area (Å²) in [6.07, 6.45) is -0.335. The van der Waals surface area contributed by atoms with Gasteiger partial charge in [-0.2, -0.15) is 5.10 Å². The number of aromatic amines is 1. The number of carboxylic acid groups (broad SMARTS) is 1. The standard InChI is InChI=1S/C28H20Cl3N3O4/c29-17-8-5-15(6-9-17)23-14-22(33-34(23)24(35)11-12-25(36)37)27-26(16-7-10-19(30)20(31)13-16)18-3-1-2-4-21(18)32-28(27)38/h1-10,13,23H,11-12,14H2,(H,32,38)(H,36,37). The highest BCUT2D eigenvalue weighted by molar-refractivity contribution is 6.42. The van der Waals surface area contributed by atoms with Crippen molar-refractivity contribution in [3.63, 3.8) is 0 Å². The summed E-state index contributed by atoms with van der Waals surface area (Å²) >= 11 is 18.6. The van der Waals surface area contributed by atoms with Crippen molar-refractivity contribution in [2.24, 2.45) is 5.10 Å². The number of benzene rings is 3. The number of amides is 1. The van der Waals surface area contributed by atoms with Crippen molar-refractivity contribution in [2.45, 2.75) is 25.3 Å². The van der Waals surface area contributed by atoms with Crippen LogP contribution in [0.25, 0.3) is 22.0 Å². The summed E-state index contributed by atoms with van der Waals surface area (Å²) in [4.78, 5) is 40.7. The van der Waals surface area contributed by atoms with Crippen molar-refractivity contribution in [3.8, 4) is 11.1 Å². The lowest BCUT2D eigenvalue weighted by Gasteiger charge is -2.22. The number of hydrazone groups is 1. The first-order valence-corrected chi connectivity index (χ1v) is 12.8. The molecule has 0 saturated carbocycles. The number of carboxylic acids is 1. The predicted octanol–water partition coefficient (Wildman–Crippen LogP) is 6.70. The molecule has 10 heteroatoms. The van der Waals surface area contributed by atoms with Gasteiger partial charge in [-0.05, 0) is 41.5 Å². The highest BCUT2D eigenvalue weighted by atomic mass is 35.5. The number of pyridine rings is 1. The average molecular weight is 569 g/mol. The summed E-state index contributed by atoms with van der Waals surface area (Å²) in [6, 6.07) is 18.9. The molecule has 0 saturated heterocycles. The number of rotatable bonds is 6. The third-order valence-electron chi connectivity index (χ3n) is 6.39. The second-order valence-corrected chi connectivity index (χ2v) is 10.1. The van der Waals surface area contributed by atoms with Crippen LogP contribution in [0.4, 0.5) is 0 Å². The van der Waals surface area contributed by atoms with E-state index in [-0.39, 0.29) is 24.8 Å². The summed E-state index contributed by atoms with van der Waals surface area (Å²) in [7, 11) is 0. The van der Waals surface area contributed by atoms with Gasteiger partial charge in [0.05, 0.1) is 33.8 Å². The first-order valence-electron chi connectivity index (χ1n) is 11.7. The van der Waals surface area contributed by atoms with Gasteiger partial charge < -0.3 is 10.1 Å². The maximum atomic E-state index is 13.6. The van der Waals surface area contributed by atoms with Crippen LogP contribution in [-0.2, 0) is 9.59 Å². The summed E-state index contributed by atoms with van der Waals surface area (Å²) in [5.74, 6) is -1.55. The van der Waals surface area contributed by atoms with E-state index in [2.05, 4.69) is 10.1 Å². The largest absolute Gasteiger partial charge is 0.481 e. The monoisotopic (exact) mass is 567 g/mol. The molecule has 5 rings (SSSR count). The van der Waals surface area contributed by atoms with Crippen molar-refractivity contribution in [1.82, 2.24) is 9.99 Å². The highest BCUT2D eigenvalue weighted by Gasteiger charge is 2.35. The van der Waals surface area contributed by atoms with E-state index in [4.69, 9.17) is 39.9 Å². The zero-order valence-corrected chi connectivity index (χ0v) is 22.0. The smallest absolute Gasteiger partial charge is 0.303 e. The van der Waals surface area contributed by atoms with E-state index in [0.717, 1.165) is 10.9 Å². The number of H-pyrrole nitrogens is 1. The maximum Gasteiger partial charge on any atom is 0.303 e. The Morgan fingerprint density at radius 1 is 0.947 bits per heavy atom. The van der Waals surface area contributed by atoms with Gasteiger partial charge in [-0.25, -0.2) is 5.01 Å². The Bertz CT molecular complexity index is 1660. The van der Waals surface area contributed by atoms with E-state index in [9.17, 15) is 14.4 Å². The molecule has 0 spiro atoms. The molecule has 1 aliphatic heterocycles. The Morgan fingerprint density at radius 3 is 2.39 bits per heavy atom. The van der Waals surface area contributed by atoms with Crippen molar-refractivity contribution in [1.29, 1.82) is 0 Å². The van der Waals surface area contributed by atoms with E-state index in [1.165, 1.54) is 5.01 Å². The zero-order valence-electron chi connectivity index (χ0n) is 19.7. The molecule has 38 heavy (non-hydrogen) atoms. The van der Waals surface area contributed by atoms with Gasteiger partial charge in [-0.1, -0.05) is 71.2 Å². The Labute approximate surface area is 232 Å². The van der Waals surface area contributed by atoms with Gasteiger partial charge in [0.25, 0.3) is 5.56 Å². The van der Waals surface area contributed by atoms with Crippen LogP contribution in [0.15, 0.2) is 76.6 Å². The molecule has 1 atom stereocenters. The molecule has 1 aliphatic rings. The molecule has 1 unspecified atom stereocenters. The maximum absolute atomic E-state index is 13.6. The Balaban J connectivity index is 1.70. The van der Waals surface area contributed by atoms with Gasteiger partial charge in [-0.3, -0.25) is 14.4 Å². The van der Waals surface area contributed by atoms with Crippen LogP contribution in [0.1, 0.15) is 36.4 Å². The third kappa shape index (κ3) is 5.05. The Hall–Kier alpha value is -3.65. The van der Waals surface area contributed by atoms with E-state index in [1.807, 2.05) is 18.2 Å². The van der Waals surface area contributed by atoms with Crippen LogP contribution in [0.2, 0.25) is 15.1 Å². The molecule has 3 aromatic carbocycles. The topological polar surface area (TPSA) is 103 Å². The van der Waals surface area contributed by atoms with E-state index >= 15 is 0 Å². The van der Waals surface area contributed by atoms with Gasteiger partial charge in [0.1, 0.15) is 0 Å². The lowest BCUT2D eigenvalue weighted by molar-refractivity contribution is -0.141. The van der Waals surface area contributed by atoms with Gasteiger partial charge in [-0.15, -0.1) is 0 Å². The molecule has 0 fully saturated rings. The molecule has 0 radical (unpaired) electrons. The number of fused-ring (bicyclic) bond motifs is 1. The first kappa shape index (κ1) is 26.0. The van der Waals surface area contributed by atoms with Gasteiger partial charge in [0.2, 0.25) is 5.91 Å². The van der Waals surface area contributed by atoms with Crippen molar-refractivity contribution >= 4 is 63.3 Å². The van der Waals surface area contributed by atoms with Gasteiger partial charge in [0, 0.05) is 34.3 Å². The third-order valence-corrected chi connectivity index (χ3v) is 7.38. The highest BCUT2D eigenvalue weighted by Crippen LogP contribution is 2.38. The molecule has 4 aromatic rings. The molecule has 0 bridgehead atoms. The van der Waals surface area contributed by atoms with Crippen LogP contribution in [0.3, 0.4) is 0 Å².